The monoisotopic (exact) mass is 521 g/mol. The Bertz CT molecular complexity index is 947. The molecule has 3 aliphatic rings. The number of piperidine rings is 1. The Morgan fingerprint density at radius 1 is 1.11 bits per heavy atom. The second kappa shape index (κ2) is 11.3. The minimum atomic E-state index is -2.63. The van der Waals surface area contributed by atoms with Gasteiger partial charge < -0.3 is 20.8 Å². The first kappa shape index (κ1) is 27.9. The van der Waals surface area contributed by atoms with Crippen LogP contribution in [0, 0.1) is 11.3 Å². The van der Waals surface area contributed by atoms with Crippen LogP contribution in [0.15, 0.2) is 24.3 Å². The molecular formula is C28H41F2N3O4. The van der Waals surface area contributed by atoms with Crippen molar-refractivity contribution in [1.82, 2.24) is 9.80 Å². The molecule has 37 heavy (non-hydrogen) atoms. The molecule has 1 aliphatic carbocycles. The van der Waals surface area contributed by atoms with Crippen molar-refractivity contribution in [3.8, 4) is 0 Å². The summed E-state index contributed by atoms with van der Waals surface area (Å²) in [5, 5.41) is 19.7. The van der Waals surface area contributed by atoms with E-state index in [0.29, 0.717) is 56.0 Å². The van der Waals surface area contributed by atoms with Gasteiger partial charge in [-0.15, -0.1) is 0 Å². The lowest BCUT2D eigenvalue weighted by molar-refractivity contribution is -0.148. The summed E-state index contributed by atoms with van der Waals surface area (Å²) in [6.07, 6.45) is 4.50. The summed E-state index contributed by atoms with van der Waals surface area (Å²) in [6, 6.07) is 8.32. The molecule has 9 heteroatoms. The van der Waals surface area contributed by atoms with E-state index >= 15 is 0 Å². The average Bonchev–Trinajstić information content (AvgIpc) is 3.12. The fourth-order valence-corrected chi connectivity index (χ4v) is 6.53. The second-order valence-corrected chi connectivity index (χ2v) is 11.7. The number of rotatable bonds is 10. The van der Waals surface area contributed by atoms with Crippen molar-refractivity contribution in [2.45, 2.75) is 82.2 Å². The van der Waals surface area contributed by atoms with Crippen LogP contribution in [0.5, 0.6) is 0 Å². The van der Waals surface area contributed by atoms with Gasteiger partial charge in [-0.1, -0.05) is 12.1 Å². The van der Waals surface area contributed by atoms with Crippen LogP contribution in [0.3, 0.4) is 0 Å². The average molecular weight is 522 g/mol. The van der Waals surface area contributed by atoms with Crippen LogP contribution in [0.25, 0.3) is 0 Å². The second-order valence-electron chi connectivity index (χ2n) is 11.7. The molecule has 4 N–H and O–H groups in total. The lowest BCUT2D eigenvalue weighted by Gasteiger charge is -2.42. The number of nitrogens with two attached hydrogens (primary N) is 1. The van der Waals surface area contributed by atoms with Crippen LogP contribution in [-0.4, -0.2) is 82.7 Å². The van der Waals surface area contributed by atoms with Gasteiger partial charge in [-0.2, -0.15) is 0 Å². The molecule has 2 heterocycles. The molecule has 1 aromatic rings. The van der Waals surface area contributed by atoms with E-state index in [-0.39, 0.29) is 24.7 Å². The van der Waals surface area contributed by atoms with E-state index in [2.05, 4.69) is 11.0 Å². The standard InChI is InChI=1S/C28H41F2N3O4/c1-27(17-34,18-35)26(37)32(16-19-7-9-28(29,30)10-8-19)11-12-33-23-5-6-24(33)15-22(14-23)20-3-2-4-21(13-20)25(31)36/h2-4,13,19,22-24,34-35H,5-12,14-18H2,1H3,(H2,31,36). The third-order valence-corrected chi connectivity index (χ3v) is 8.97. The van der Waals surface area contributed by atoms with E-state index in [1.165, 1.54) is 0 Å². The van der Waals surface area contributed by atoms with E-state index in [1.54, 1.807) is 17.9 Å². The summed E-state index contributed by atoms with van der Waals surface area (Å²) < 4.78 is 27.4. The zero-order valence-electron chi connectivity index (χ0n) is 21.7. The molecular weight excluding hydrogens is 480 g/mol. The van der Waals surface area contributed by atoms with E-state index in [1.807, 2.05) is 12.1 Å². The number of carbonyl (C=O) groups is 2. The number of hydrogen-bond acceptors (Lipinski definition) is 5. The minimum absolute atomic E-state index is 0.00907. The van der Waals surface area contributed by atoms with Crippen LogP contribution >= 0.6 is 0 Å². The van der Waals surface area contributed by atoms with Crippen LogP contribution in [-0.2, 0) is 4.79 Å². The van der Waals surface area contributed by atoms with Crippen LogP contribution in [0.4, 0.5) is 8.78 Å². The summed E-state index contributed by atoms with van der Waals surface area (Å²) in [5.74, 6) is -3.03. The van der Waals surface area contributed by atoms with Gasteiger partial charge in [0, 0.05) is 50.1 Å². The van der Waals surface area contributed by atoms with E-state index in [4.69, 9.17) is 5.73 Å². The van der Waals surface area contributed by atoms with Gasteiger partial charge >= 0.3 is 0 Å². The molecule has 206 valence electrons. The Balaban J connectivity index is 1.42. The van der Waals surface area contributed by atoms with Crippen LogP contribution in [0.1, 0.15) is 80.1 Å². The lowest BCUT2D eigenvalue weighted by Crippen LogP contribution is -2.52. The van der Waals surface area contributed by atoms with Crippen molar-refractivity contribution >= 4 is 11.8 Å². The smallest absolute Gasteiger partial charge is 0.248 e. The van der Waals surface area contributed by atoms with Crippen molar-refractivity contribution in [3.05, 3.63) is 35.4 Å². The number of benzene rings is 1. The zero-order valence-corrected chi connectivity index (χ0v) is 21.7. The third kappa shape index (κ3) is 6.32. The molecule has 1 saturated carbocycles. The van der Waals surface area contributed by atoms with Crippen molar-refractivity contribution in [2.75, 3.05) is 32.8 Å². The fourth-order valence-electron chi connectivity index (χ4n) is 6.53. The van der Waals surface area contributed by atoms with Gasteiger partial charge in [0.15, 0.2) is 0 Å². The Hall–Kier alpha value is -2.10. The molecule has 0 aromatic heterocycles. The molecule has 4 rings (SSSR count). The fraction of sp³-hybridized carbons (Fsp3) is 0.714. The first-order valence-corrected chi connectivity index (χ1v) is 13.6. The van der Waals surface area contributed by atoms with Gasteiger partial charge in [-0.05, 0) is 75.0 Å². The normalized spacial score (nSPS) is 26.2. The molecule has 2 atom stereocenters. The summed E-state index contributed by atoms with van der Waals surface area (Å²) >= 11 is 0. The number of aliphatic hydroxyl groups excluding tert-OH is 2. The molecule has 1 aromatic carbocycles. The predicted molar refractivity (Wildman–Crippen MR) is 136 cm³/mol. The van der Waals surface area contributed by atoms with Crippen LogP contribution in [0.2, 0.25) is 0 Å². The SMILES string of the molecule is CC(CO)(CO)C(=O)N(CCN1C2CCC1CC(c1cccc(C(N)=O)c1)C2)CC1CCC(F)(F)CC1. The number of amides is 2. The van der Waals surface area contributed by atoms with Crippen molar-refractivity contribution in [2.24, 2.45) is 17.1 Å². The maximum Gasteiger partial charge on any atom is 0.248 e. The predicted octanol–water partition coefficient (Wildman–Crippen LogP) is 3.14. The highest BCUT2D eigenvalue weighted by atomic mass is 19.3. The van der Waals surface area contributed by atoms with Gasteiger partial charge in [0.2, 0.25) is 17.7 Å². The van der Waals surface area contributed by atoms with Crippen molar-refractivity contribution < 1.29 is 28.6 Å². The van der Waals surface area contributed by atoms with E-state index < -0.39 is 30.5 Å². The summed E-state index contributed by atoms with van der Waals surface area (Å²) in [4.78, 5) is 29.2. The largest absolute Gasteiger partial charge is 0.395 e. The van der Waals surface area contributed by atoms with E-state index in [9.17, 15) is 28.6 Å². The zero-order chi connectivity index (χ0) is 26.8. The molecule has 2 unspecified atom stereocenters. The molecule has 0 radical (unpaired) electrons. The molecule has 3 fully saturated rings. The first-order chi connectivity index (χ1) is 17.5. The van der Waals surface area contributed by atoms with Gasteiger partial charge in [-0.25, -0.2) is 8.78 Å². The van der Waals surface area contributed by atoms with Gasteiger partial charge in [0.05, 0.1) is 18.6 Å². The topological polar surface area (TPSA) is 107 Å². The highest BCUT2D eigenvalue weighted by Gasteiger charge is 2.43. The molecule has 0 spiro atoms. The number of primary amides is 1. The number of fused-ring (bicyclic) bond motifs is 2. The molecule has 2 saturated heterocycles. The van der Waals surface area contributed by atoms with Crippen molar-refractivity contribution in [1.29, 1.82) is 0 Å². The number of nitrogens with zero attached hydrogens (tertiary/aromatic N) is 2. The third-order valence-electron chi connectivity index (χ3n) is 8.97. The van der Waals surface area contributed by atoms with E-state index in [0.717, 1.165) is 31.2 Å². The summed E-state index contributed by atoms with van der Waals surface area (Å²) in [6.45, 7) is 2.09. The van der Waals surface area contributed by atoms with Crippen molar-refractivity contribution in [3.63, 3.8) is 0 Å². The van der Waals surface area contributed by atoms with Gasteiger partial charge in [0.25, 0.3) is 0 Å². The number of hydrogen-bond donors (Lipinski definition) is 3. The highest BCUT2D eigenvalue weighted by molar-refractivity contribution is 5.92. The lowest BCUT2D eigenvalue weighted by atomic mass is 9.84. The quantitative estimate of drug-likeness (QED) is 0.439. The first-order valence-electron chi connectivity index (χ1n) is 13.6. The number of alkyl halides is 2. The molecule has 2 amide bonds. The molecule has 2 bridgehead atoms. The molecule has 2 aliphatic heterocycles. The van der Waals surface area contributed by atoms with Crippen LogP contribution < -0.4 is 5.73 Å². The maximum absolute atomic E-state index is 13.7. The Kier molecular flexibility index (Phi) is 8.55. The number of halogens is 2. The number of carbonyl (C=O) groups excluding carboxylic acids is 2. The minimum Gasteiger partial charge on any atom is -0.395 e. The Labute approximate surface area is 218 Å². The summed E-state index contributed by atoms with van der Waals surface area (Å²) in [5.41, 5.74) is 5.85. The molecule has 7 nitrogen and oxygen atoms in total. The number of aliphatic hydroxyl groups is 2. The summed E-state index contributed by atoms with van der Waals surface area (Å²) in [7, 11) is 0. The Morgan fingerprint density at radius 2 is 1.73 bits per heavy atom. The van der Waals surface area contributed by atoms with Gasteiger partial charge in [0.1, 0.15) is 0 Å². The Morgan fingerprint density at radius 3 is 2.30 bits per heavy atom. The highest BCUT2D eigenvalue weighted by Crippen LogP contribution is 2.43. The van der Waals surface area contributed by atoms with Gasteiger partial charge in [-0.3, -0.25) is 14.5 Å². The maximum atomic E-state index is 13.7.